The highest BCUT2D eigenvalue weighted by atomic mass is 16.2. The van der Waals surface area contributed by atoms with Crippen LogP contribution in [0.4, 0.5) is 0 Å². The van der Waals surface area contributed by atoms with Crippen LogP contribution in [-0.4, -0.2) is 49.4 Å². The highest BCUT2D eigenvalue weighted by Crippen LogP contribution is 2.18. The molecule has 0 bridgehead atoms. The topological polar surface area (TPSA) is 61.4 Å². The summed E-state index contributed by atoms with van der Waals surface area (Å²) in [5, 5.41) is 8.23. The van der Waals surface area contributed by atoms with E-state index >= 15 is 0 Å². The monoisotopic (exact) mass is 339 g/mol. The lowest BCUT2D eigenvalue weighted by atomic mass is 10.0. The van der Waals surface area contributed by atoms with Crippen molar-refractivity contribution in [3.63, 3.8) is 0 Å². The van der Waals surface area contributed by atoms with Gasteiger partial charge in [0.2, 0.25) is 11.8 Å². The van der Waals surface area contributed by atoms with Gasteiger partial charge in [-0.25, -0.2) is 0 Å². The van der Waals surface area contributed by atoms with Crippen LogP contribution in [0.5, 0.6) is 0 Å². The lowest BCUT2D eigenvalue weighted by Gasteiger charge is -2.31. The van der Waals surface area contributed by atoms with Crippen molar-refractivity contribution in [3.8, 4) is 0 Å². The number of rotatable bonds is 5. The zero-order chi connectivity index (χ0) is 17.6. The average Bonchev–Trinajstić information content (AvgIpc) is 2.66. The molecule has 1 heterocycles. The Kier molecular flexibility index (Phi) is 5.66. The Labute approximate surface area is 148 Å². The number of carbonyl (C=O) groups is 2. The standard InChI is InChI=1S/C20H25N3O2/c1-21-17-9-11-23(12-10-17)20(25)14-22-19(24)13-16-7-4-6-15-5-2-3-8-18(15)16/h2-8,17,21H,9-14H2,1H3,(H,22,24). The van der Waals surface area contributed by atoms with Gasteiger partial charge in [0.05, 0.1) is 13.0 Å². The van der Waals surface area contributed by atoms with Crippen molar-refractivity contribution < 1.29 is 9.59 Å². The van der Waals surface area contributed by atoms with Gasteiger partial charge in [0, 0.05) is 19.1 Å². The van der Waals surface area contributed by atoms with Gasteiger partial charge in [0.1, 0.15) is 0 Å². The molecule has 132 valence electrons. The zero-order valence-electron chi connectivity index (χ0n) is 14.6. The van der Waals surface area contributed by atoms with Crippen molar-refractivity contribution in [1.82, 2.24) is 15.5 Å². The smallest absolute Gasteiger partial charge is 0.241 e. The van der Waals surface area contributed by atoms with Gasteiger partial charge < -0.3 is 15.5 Å². The molecule has 0 atom stereocenters. The number of hydrogen-bond acceptors (Lipinski definition) is 3. The van der Waals surface area contributed by atoms with E-state index in [1.54, 1.807) is 0 Å². The second-order valence-corrected chi connectivity index (χ2v) is 6.54. The summed E-state index contributed by atoms with van der Waals surface area (Å²) in [4.78, 5) is 26.3. The zero-order valence-corrected chi connectivity index (χ0v) is 14.6. The second kappa shape index (κ2) is 8.12. The van der Waals surface area contributed by atoms with E-state index in [-0.39, 0.29) is 24.8 Å². The first-order chi connectivity index (χ1) is 12.2. The molecule has 0 spiro atoms. The van der Waals surface area contributed by atoms with Crippen molar-refractivity contribution in [3.05, 3.63) is 48.0 Å². The van der Waals surface area contributed by atoms with Crippen LogP contribution in [-0.2, 0) is 16.0 Å². The fraction of sp³-hybridized carbons (Fsp3) is 0.400. The Hall–Kier alpha value is -2.40. The number of benzene rings is 2. The molecule has 25 heavy (non-hydrogen) atoms. The lowest BCUT2D eigenvalue weighted by molar-refractivity contribution is -0.133. The number of nitrogens with one attached hydrogen (secondary N) is 2. The molecule has 0 radical (unpaired) electrons. The quantitative estimate of drug-likeness (QED) is 0.872. The number of fused-ring (bicyclic) bond motifs is 1. The summed E-state index contributed by atoms with van der Waals surface area (Å²) in [6.07, 6.45) is 2.22. The molecule has 1 aliphatic heterocycles. The summed E-state index contributed by atoms with van der Waals surface area (Å²) in [7, 11) is 1.95. The number of piperidine rings is 1. The molecule has 0 saturated carbocycles. The van der Waals surface area contributed by atoms with Crippen LogP contribution in [0, 0.1) is 0 Å². The molecule has 1 saturated heterocycles. The summed E-state index contributed by atoms with van der Waals surface area (Å²) in [6, 6.07) is 14.5. The average molecular weight is 339 g/mol. The van der Waals surface area contributed by atoms with Gasteiger partial charge >= 0.3 is 0 Å². The molecule has 1 aliphatic rings. The second-order valence-electron chi connectivity index (χ2n) is 6.54. The largest absolute Gasteiger partial charge is 0.347 e. The highest BCUT2D eigenvalue weighted by molar-refractivity contribution is 5.91. The molecule has 2 aromatic rings. The molecular weight excluding hydrogens is 314 g/mol. The van der Waals surface area contributed by atoms with Crippen LogP contribution in [0.3, 0.4) is 0 Å². The minimum Gasteiger partial charge on any atom is -0.347 e. The first kappa shape index (κ1) is 17.4. The van der Waals surface area contributed by atoms with Gasteiger partial charge in [0.15, 0.2) is 0 Å². The van der Waals surface area contributed by atoms with Crippen LogP contribution >= 0.6 is 0 Å². The van der Waals surface area contributed by atoms with Crippen LogP contribution in [0.15, 0.2) is 42.5 Å². The fourth-order valence-electron chi connectivity index (χ4n) is 3.39. The maximum absolute atomic E-state index is 12.3. The van der Waals surface area contributed by atoms with E-state index < -0.39 is 0 Å². The predicted octanol–water partition coefficient (Wildman–Crippen LogP) is 1.71. The predicted molar refractivity (Wildman–Crippen MR) is 99.3 cm³/mol. The number of likely N-dealkylation sites (tertiary alicyclic amines) is 1. The van der Waals surface area contributed by atoms with E-state index in [0.717, 1.165) is 42.3 Å². The third-order valence-electron chi connectivity index (χ3n) is 4.92. The molecule has 2 amide bonds. The molecule has 1 fully saturated rings. The van der Waals surface area contributed by atoms with Gasteiger partial charge in [0.25, 0.3) is 0 Å². The molecule has 0 aromatic heterocycles. The number of nitrogens with zero attached hydrogens (tertiary/aromatic N) is 1. The molecule has 0 aliphatic carbocycles. The molecule has 5 heteroatoms. The number of amides is 2. The summed E-state index contributed by atoms with van der Waals surface area (Å²) < 4.78 is 0. The third-order valence-corrected chi connectivity index (χ3v) is 4.92. The summed E-state index contributed by atoms with van der Waals surface area (Å²) in [5.41, 5.74) is 0.984. The van der Waals surface area contributed by atoms with Crippen molar-refractivity contribution in [2.24, 2.45) is 0 Å². The number of carbonyl (C=O) groups excluding carboxylic acids is 2. The minimum atomic E-state index is -0.116. The minimum absolute atomic E-state index is 0.000762. The van der Waals surface area contributed by atoms with Gasteiger partial charge in [-0.05, 0) is 36.2 Å². The Morgan fingerprint density at radius 3 is 2.56 bits per heavy atom. The Morgan fingerprint density at radius 2 is 1.80 bits per heavy atom. The molecular formula is C20H25N3O2. The Balaban J connectivity index is 1.52. The molecule has 5 nitrogen and oxygen atoms in total. The normalized spacial score (nSPS) is 15.3. The Bertz CT molecular complexity index is 746. The van der Waals surface area contributed by atoms with Crippen LogP contribution < -0.4 is 10.6 Å². The van der Waals surface area contributed by atoms with E-state index in [9.17, 15) is 9.59 Å². The highest BCUT2D eigenvalue weighted by Gasteiger charge is 2.21. The maximum atomic E-state index is 12.3. The van der Waals surface area contributed by atoms with Gasteiger partial charge in [-0.3, -0.25) is 9.59 Å². The summed E-state index contributed by atoms with van der Waals surface area (Å²) in [6.45, 7) is 1.58. The third kappa shape index (κ3) is 4.37. The molecule has 2 N–H and O–H groups in total. The number of hydrogen-bond donors (Lipinski definition) is 2. The first-order valence-electron chi connectivity index (χ1n) is 8.86. The molecule has 3 rings (SSSR count). The van der Waals surface area contributed by atoms with Crippen LogP contribution in [0.2, 0.25) is 0 Å². The Morgan fingerprint density at radius 1 is 1.08 bits per heavy atom. The summed E-state index contributed by atoms with van der Waals surface area (Å²) in [5.74, 6) is -0.115. The lowest BCUT2D eigenvalue weighted by Crippen LogP contribution is -2.47. The van der Waals surface area contributed by atoms with E-state index in [4.69, 9.17) is 0 Å². The van der Waals surface area contributed by atoms with E-state index in [2.05, 4.69) is 10.6 Å². The molecule has 2 aromatic carbocycles. The van der Waals surface area contributed by atoms with Crippen molar-refractivity contribution >= 4 is 22.6 Å². The molecule has 0 unspecified atom stereocenters. The SMILES string of the molecule is CNC1CCN(C(=O)CNC(=O)Cc2cccc3ccccc23)CC1. The van der Waals surface area contributed by atoms with Crippen molar-refractivity contribution in [2.75, 3.05) is 26.7 Å². The van der Waals surface area contributed by atoms with Crippen LogP contribution in [0.1, 0.15) is 18.4 Å². The van der Waals surface area contributed by atoms with Gasteiger partial charge in [-0.2, -0.15) is 0 Å². The maximum Gasteiger partial charge on any atom is 0.241 e. The van der Waals surface area contributed by atoms with Gasteiger partial charge in [-0.15, -0.1) is 0 Å². The van der Waals surface area contributed by atoms with E-state index in [1.165, 1.54) is 0 Å². The van der Waals surface area contributed by atoms with Gasteiger partial charge in [-0.1, -0.05) is 42.5 Å². The van der Waals surface area contributed by atoms with Crippen LogP contribution in [0.25, 0.3) is 10.8 Å². The fourth-order valence-corrected chi connectivity index (χ4v) is 3.39. The van der Waals surface area contributed by atoms with Crippen molar-refractivity contribution in [1.29, 1.82) is 0 Å². The first-order valence-corrected chi connectivity index (χ1v) is 8.86. The van der Waals surface area contributed by atoms with E-state index in [0.29, 0.717) is 6.04 Å². The summed E-state index contributed by atoms with van der Waals surface area (Å²) >= 11 is 0. The van der Waals surface area contributed by atoms with E-state index in [1.807, 2.05) is 54.4 Å². The van der Waals surface area contributed by atoms with Crippen molar-refractivity contribution in [2.45, 2.75) is 25.3 Å².